The van der Waals surface area contributed by atoms with Gasteiger partial charge < -0.3 is 13.5 Å². The van der Waals surface area contributed by atoms with Crippen LogP contribution in [0, 0.1) is 4.84 Å². The third kappa shape index (κ3) is 3.89. The fourth-order valence-corrected chi connectivity index (χ4v) is 3.90. The minimum absolute atomic E-state index is 0.00949. The highest BCUT2D eigenvalue weighted by atomic mass is 32.1. The predicted octanol–water partition coefficient (Wildman–Crippen LogP) is 5.66. The molecule has 0 atom stereocenters. The Kier molecular flexibility index (Phi) is 4.71. The molecule has 0 radical (unpaired) electrons. The van der Waals surface area contributed by atoms with Gasteiger partial charge in [0.2, 0.25) is 0 Å². The number of oxazole rings is 1. The molecule has 0 fully saturated rings. The third-order valence-electron chi connectivity index (χ3n) is 3.55. The molecule has 3 aromatic carbocycles. The minimum Gasteiger partial charge on any atom is -0.427 e. The number of hydrogen-bond donors (Lipinski definition) is 0. The van der Waals surface area contributed by atoms with E-state index in [2.05, 4.69) is 0 Å². The van der Waals surface area contributed by atoms with E-state index in [0.29, 0.717) is 22.6 Å². The van der Waals surface area contributed by atoms with Gasteiger partial charge in [0.15, 0.2) is 5.58 Å². The van der Waals surface area contributed by atoms with Gasteiger partial charge >= 0.3 is 12.7 Å². The maximum absolute atomic E-state index is 13.4. The van der Waals surface area contributed by atoms with Gasteiger partial charge in [-0.2, -0.15) is 4.57 Å². The molecule has 0 amide bonds. The first-order valence-electron chi connectivity index (χ1n) is 8.03. The van der Waals surface area contributed by atoms with Crippen molar-refractivity contribution in [3.05, 3.63) is 89.8 Å². The predicted molar refractivity (Wildman–Crippen MR) is 103 cm³/mol. The van der Waals surface area contributed by atoms with Crippen LogP contribution in [0.3, 0.4) is 0 Å². The summed E-state index contributed by atoms with van der Waals surface area (Å²) in [6, 6.07) is 24.3. The summed E-state index contributed by atoms with van der Waals surface area (Å²) in [5, 5.41) is 0. The maximum Gasteiger partial charge on any atom is 0.666 e. The molecule has 4 rings (SSSR count). The normalized spacial score (nSPS) is 11.3. The monoisotopic (exact) mass is 399 g/mol. The topological polar surface area (TPSA) is 62.8 Å². The van der Waals surface area contributed by atoms with E-state index < -0.39 is 7.82 Å². The Balaban J connectivity index is 1.74. The van der Waals surface area contributed by atoms with Crippen molar-refractivity contribution in [3.63, 3.8) is 0 Å². The second kappa shape index (κ2) is 7.31. The average molecular weight is 399 g/mol. The second-order valence-electron chi connectivity index (χ2n) is 5.47. The number of rotatable bonds is 6. The van der Waals surface area contributed by atoms with Gasteiger partial charge in [0.1, 0.15) is 17.0 Å². The Bertz CT molecular complexity index is 1110. The molecule has 1 aromatic heterocycles. The van der Waals surface area contributed by atoms with E-state index in [1.54, 1.807) is 72.8 Å². The molecule has 4 aromatic rings. The Morgan fingerprint density at radius 2 is 1.30 bits per heavy atom. The lowest BCUT2D eigenvalue weighted by atomic mass is 10.3. The molecule has 136 valence electrons. The van der Waals surface area contributed by atoms with E-state index in [0.717, 1.165) is 4.73 Å². The van der Waals surface area contributed by atoms with Crippen molar-refractivity contribution in [2.75, 3.05) is 0 Å². The van der Waals surface area contributed by atoms with E-state index in [-0.39, 0.29) is 4.84 Å². The van der Waals surface area contributed by atoms with Crippen LogP contribution in [0.4, 0.5) is 0 Å². The van der Waals surface area contributed by atoms with Crippen molar-refractivity contribution in [1.29, 1.82) is 0 Å². The van der Waals surface area contributed by atoms with Crippen LogP contribution in [0.5, 0.6) is 11.5 Å². The number of nitrogens with zero attached hydrogens (tertiary/aromatic N) is 1. The molecule has 6 nitrogen and oxygen atoms in total. The average Bonchev–Trinajstić information content (AvgIpc) is 2.98. The van der Waals surface area contributed by atoms with Crippen molar-refractivity contribution in [2.45, 2.75) is 0 Å². The van der Waals surface area contributed by atoms with Crippen LogP contribution < -0.4 is 13.7 Å². The van der Waals surface area contributed by atoms with Crippen LogP contribution >= 0.6 is 20.0 Å². The Hall–Kier alpha value is -3.02. The van der Waals surface area contributed by atoms with Crippen molar-refractivity contribution >= 4 is 31.1 Å². The SMILES string of the molecule is O=P(Oc1ccccc1)(Oc1ccccc1)On1c(=S)oc2ccccc21. The largest absolute Gasteiger partial charge is 0.666 e. The summed E-state index contributed by atoms with van der Waals surface area (Å²) in [6.07, 6.45) is 0. The zero-order valence-electron chi connectivity index (χ0n) is 13.9. The van der Waals surface area contributed by atoms with E-state index in [4.69, 9.17) is 30.3 Å². The summed E-state index contributed by atoms with van der Waals surface area (Å²) in [5.41, 5.74) is 1.00. The van der Waals surface area contributed by atoms with Crippen molar-refractivity contribution in [3.8, 4) is 11.5 Å². The number of phosphoric ester groups is 1. The molecule has 27 heavy (non-hydrogen) atoms. The highest BCUT2D eigenvalue weighted by Gasteiger charge is 2.35. The Morgan fingerprint density at radius 3 is 1.89 bits per heavy atom. The summed E-state index contributed by atoms with van der Waals surface area (Å²) in [7, 11) is -4.15. The molecule has 8 heteroatoms. The van der Waals surface area contributed by atoms with Gasteiger partial charge in [0.05, 0.1) is 0 Å². The number of benzene rings is 3. The first kappa shape index (κ1) is 17.4. The summed E-state index contributed by atoms with van der Waals surface area (Å²) < 4.78 is 36.8. The van der Waals surface area contributed by atoms with Crippen LogP contribution in [0.25, 0.3) is 11.1 Å². The van der Waals surface area contributed by atoms with E-state index in [9.17, 15) is 4.57 Å². The van der Waals surface area contributed by atoms with Crippen molar-refractivity contribution < 1.29 is 22.7 Å². The van der Waals surface area contributed by atoms with Gasteiger partial charge in [0, 0.05) is 0 Å². The van der Waals surface area contributed by atoms with Gasteiger partial charge in [-0.15, -0.1) is 4.73 Å². The molecule has 0 aliphatic heterocycles. The highest BCUT2D eigenvalue weighted by Crippen LogP contribution is 2.47. The molecule has 1 heterocycles. The maximum atomic E-state index is 13.4. The second-order valence-corrected chi connectivity index (χ2v) is 7.24. The van der Waals surface area contributed by atoms with E-state index in [1.165, 1.54) is 0 Å². The number of fused-ring (bicyclic) bond motifs is 1. The molecule has 0 bridgehead atoms. The zero-order chi connectivity index (χ0) is 18.7. The van der Waals surface area contributed by atoms with Crippen LogP contribution in [0.15, 0.2) is 89.3 Å². The summed E-state index contributed by atoms with van der Waals surface area (Å²) >= 11 is 5.19. The lowest BCUT2D eigenvalue weighted by Crippen LogP contribution is -2.16. The van der Waals surface area contributed by atoms with Gasteiger partial charge in [-0.05, 0) is 48.6 Å². The van der Waals surface area contributed by atoms with Gasteiger partial charge in [-0.3, -0.25) is 4.62 Å². The minimum atomic E-state index is -4.15. The number of hydrogen-bond acceptors (Lipinski definition) is 6. The first-order valence-corrected chi connectivity index (χ1v) is 9.90. The fourth-order valence-electron chi connectivity index (χ4n) is 2.40. The van der Waals surface area contributed by atoms with Crippen LogP contribution in [-0.2, 0) is 4.57 Å². The summed E-state index contributed by atoms with van der Waals surface area (Å²) in [5.74, 6) is 0.659. The van der Waals surface area contributed by atoms with Crippen molar-refractivity contribution in [2.24, 2.45) is 0 Å². The zero-order valence-corrected chi connectivity index (χ0v) is 15.6. The van der Waals surface area contributed by atoms with Crippen molar-refractivity contribution in [1.82, 2.24) is 4.73 Å². The quantitative estimate of drug-likeness (QED) is 0.308. The first-order chi connectivity index (χ1) is 13.1. The highest BCUT2D eigenvalue weighted by molar-refractivity contribution is 7.71. The molecule has 0 N–H and O–H groups in total. The number of phosphoric acid groups is 1. The van der Waals surface area contributed by atoms with Crippen LogP contribution in [0.1, 0.15) is 0 Å². The fraction of sp³-hybridized carbons (Fsp3) is 0. The standard InChI is InChI=1S/C19H14NO5PS/c21-26(23-15-9-3-1-4-10-15,24-16-11-5-2-6-12-16)25-20-17-13-7-8-14-18(17)22-19(20)27/h1-14H. The molecule has 0 spiro atoms. The van der Waals surface area contributed by atoms with Gasteiger partial charge in [-0.25, -0.2) is 0 Å². The number of aromatic nitrogens is 1. The van der Waals surface area contributed by atoms with E-state index >= 15 is 0 Å². The molecule has 0 saturated heterocycles. The van der Waals surface area contributed by atoms with Crippen LogP contribution in [0.2, 0.25) is 0 Å². The van der Waals surface area contributed by atoms with Gasteiger partial charge in [0.25, 0.3) is 0 Å². The summed E-state index contributed by atoms with van der Waals surface area (Å²) in [6.45, 7) is 0. The van der Waals surface area contributed by atoms with Crippen LogP contribution in [-0.4, -0.2) is 4.73 Å². The Labute approximate surface area is 160 Å². The molecular formula is C19H14NO5PS. The smallest absolute Gasteiger partial charge is 0.427 e. The third-order valence-corrected chi connectivity index (χ3v) is 5.03. The molecule has 0 saturated carbocycles. The Morgan fingerprint density at radius 1 is 0.778 bits per heavy atom. The lowest BCUT2D eigenvalue weighted by molar-refractivity contribution is 0.185. The molecule has 0 unspecified atom stereocenters. The van der Waals surface area contributed by atoms with E-state index in [1.807, 2.05) is 12.1 Å². The lowest BCUT2D eigenvalue weighted by Gasteiger charge is -2.19. The summed E-state index contributed by atoms with van der Waals surface area (Å²) in [4.78, 5) is -0.00949. The molecule has 0 aliphatic carbocycles. The molecular weight excluding hydrogens is 385 g/mol. The molecule has 0 aliphatic rings. The van der Waals surface area contributed by atoms with Gasteiger partial charge in [-0.1, -0.05) is 48.5 Å². The number of para-hydroxylation sites is 4.